The predicted molar refractivity (Wildman–Crippen MR) is 103 cm³/mol. The van der Waals surface area contributed by atoms with Gasteiger partial charge in [-0.3, -0.25) is 9.78 Å². The third-order valence-electron chi connectivity index (χ3n) is 5.23. The molecule has 0 unspecified atom stereocenters. The van der Waals surface area contributed by atoms with Crippen LogP contribution in [-0.4, -0.2) is 61.5 Å². The Labute approximate surface area is 162 Å². The molecule has 8 heteroatoms. The highest BCUT2D eigenvalue weighted by atomic mass is 19.1. The number of pyridine rings is 1. The van der Waals surface area contributed by atoms with Gasteiger partial charge in [-0.2, -0.15) is 5.26 Å². The number of nitrogens with zero attached hydrogens (tertiary/aromatic N) is 3. The molecular formula is C20H22FN5O2. The lowest BCUT2D eigenvalue weighted by Gasteiger charge is -2.38. The standard InChI is InChI=1S/C20H22FN5O2/c1-12-10-26(11-18(28-12)20(27)25-16-9-23-8-15(16)21)17-5-4-13(7-22)19-14(17)3-2-6-24-19/h2-6,12,15-16,18,23H,8-11H2,1H3,(H,25,27)/t12-,15+,16+,18-/m1/s1. The highest BCUT2D eigenvalue weighted by molar-refractivity contribution is 5.95. The zero-order chi connectivity index (χ0) is 19.7. The van der Waals surface area contributed by atoms with Gasteiger partial charge in [0, 0.05) is 36.9 Å². The Morgan fingerprint density at radius 3 is 3.00 bits per heavy atom. The molecule has 2 saturated heterocycles. The molecule has 1 aromatic carbocycles. The van der Waals surface area contributed by atoms with Crippen LogP contribution in [0, 0.1) is 11.3 Å². The van der Waals surface area contributed by atoms with E-state index in [0.717, 1.165) is 11.1 Å². The van der Waals surface area contributed by atoms with Gasteiger partial charge >= 0.3 is 0 Å². The van der Waals surface area contributed by atoms with Gasteiger partial charge in [0.2, 0.25) is 0 Å². The number of fused-ring (bicyclic) bond motifs is 1. The van der Waals surface area contributed by atoms with Gasteiger partial charge in [-0.15, -0.1) is 0 Å². The van der Waals surface area contributed by atoms with Crippen LogP contribution in [0.5, 0.6) is 0 Å². The minimum Gasteiger partial charge on any atom is -0.365 e. The Hall–Kier alpha value is -2.76. The van der Waals surface area contributed by atoms with Gasteiger partial charge in [-0.25, -0.2) is 4.39 Å². The van der Waals surface area contributed by atoms with E-state index in [0.29, 0.717) is 30.7 Å². The lowest BCUT2D eigenvalue weighted by Crippen LogP contribution is -2.55. The zero-order valence-electron chi connectivity index (χ0n) is 15.6. The predicted octanol–water partition coefficient (Wildman–Crippen LogP) is 1.13. The molecule has 7 nitrogen and oxygen atoms in total. The number of ether oxygens (including phenoxy) is 1. The molecule has 4 rings (SSSR count). The number of nitrogens with one attached hydrogen (secondary N) is 2. The van der Waals surface area contributed by atoms with Crippen molar-refractivity contribution in [1.82, 2.24) is 15.6 Å². The number of carbonyl (C=O) groups is 1. The lowest BCUT2D eigenvalue weighted by molar-refractivity contribution is -0.138. The Morgan fingerprint density at radius 2 is 2.25 bits per heavy atom. The number of amides is 1. The van der Waals surface area contributed by atoms with Crippen LogP contribution in [-0.2, 0) is 9.53 Å². The monoisotopic (exact) mass is 383 g/mol. The van der Waals surface area contributed by atoms with Gasteiger partial charge in [0.25, 0.3) is 5.91 Å². The van der Waals surface area contributed by atoms with Gasteiger partial charge in [-0.1, -0.05) is 0 Å². The Balaban J connectivity index is 1.58. The second-order valence-electron chi connectivity index (χ2n) is 7.27. The molecule has 0 bridgehead atoms. The number of halogens is 1. The summed E-state index contributed by atoms with van der Waals surface area (Å²) in [5.41, 5.74) is 2.05. The Kier molecular flexibility index (Phi) is 5.11. The highest BCUT2D eigenvalue weighted by Gasteiger charge is 2.35. The van der Waals surface area contributed by atoms with Crippen molar-refractivity contribution < 1.29 is 13.9 Å². The number of nitriles is 1. The van der Waals surface area contributed by atoms with E-state index in [-0.39, 0.29) is 18.6 Å². The molecule has 0 saturated carbocycles. The molecule has 4 atom stereocenters. The average molecular weight is 383 g/mol. The average Bonchev–Trinajstić information content (AvgIpc) is 3.11. The minimum absolute atomic E-state index is 0.172. The lowest BCUT2D eigenvalue weighted by atomic mass is 10.1. The second kappa shape index (κ2) is 7.70. The van der Waals surface area contributed by atoms with Gasteiger partial charge in [0.05, 0.1) is 29.8 Å². The van der Waals surface area contributed by atoms with Crippen molar-refractivity contribution in [2.75, 3.05) is 31.1 Å². The molecule has 2 aliphatic rings. The molecule has 1 aromatic heterocycles. The first kappa shape index (κ1) is 18.6. The fourth-order valence-corrected chi connectivity index (χ4v) is 3.88. The van der Waals surface area contributed by atoms with Crippen molar-refractivity contribution >= 4 is 22.5 Å². The minimum atomic E-state index is -1.09. The molecule has 0 spiro atoms. The third-order valence-corrected chi connectivity index (χ3v) is 5.23. The molecule has 0 radical (unpaired) electrons. The van der Waals surface area contributed by atoms with E-state index in [9.17, 15) is 14.4 Å². The summed E-state index contributed by atoms with van der Waals surface area (Å²) in [5, 5.41) is 15.9. The van der Waals surface area contributed by atoms with E-state index in [4.69, 9.17) is 4.74 Å². The van der Waals surface area contributed by atoms with Gasteiger partial charge in [0.1, 0.15) is 12.2 Å². The molecule has 0 aliphatic carbocycles. The van der Waals surface area contributed by atoms with Crippen molar-refractivity contribution in [3.63, 3.8) is 0 Å². The van der Waals surface area contributed by atoms with Crippen molar-refractivity contribution in [2.24, 2.45) is 0 Å². The highest BCUT2D eigenvalue weighted by Crippen LogP contribution is 2.30. The maximum atomic E-state index is 13.8. The topological polar surface area (TPSA) is 90.3 Å². The van der Waals surface area contributed by atoms with Crippen LogP contribution in [0.15, 0.2) is 30.5 Å². The van der Waals surface area contributed by atoms with Crippen molar-refractivity contribution in [3.05, 3.63) is 36.0 Å². The van der Waals surface area contributed by atoms with Gasteiger partial charge in [-0.05, 0) is 31.2 Å². The summed E-state index contributed by atoms with van der Waals surface area (Å²) < 4.78 is 19.7. The normalized spacial score (nSPS) is 27.5. The quantitative estimate of drug-likeness (QED) is 0.826. The van der Waals surface area contributed by atoms with Crippen LogP contribution >= 0.6 is 0 Å². The fraction of sp³-hybridized carbons (Fsp3) is 0.450. The zero-order valence-corrected chi connectivity index (χ0v) is 15.6. The number of rotatable bonds is 3. The molecular weight excluding hydrogens is 361 g/mol. The van der Waals surface area contributed by atoms with Crippen LogP contribution in [0.25, 0.3) is 10.9 Å². The van der Waals surface area contributed by atoms with Crippen LogP contribution < -0.4 is 15.5 Å². The van der Waals surface area contributed by atoms with Crippen molar-refractivity contribution in [3.8, 4) is 6.07 Å². The molecule has 2 fully saturated rings. The number of carbonyl (C=O) groups excluding carboxylic acids is 1. The Bertz CT molecular complexity index is 930. The summed E-state index contributed by atoms with van der Waals surface area (Å²) in [6.07, 6.45) is -0.294. The number of morpholine rings is 1. The van der Waals surface area contributed by atoms with Gasteiger partial charge in [0.15, 0.2) is 6.10 Å². The maximum Gasteiger partial charge on any atom is 0.251 e. The van der Waals surface area contributed by atoms with E-state index in [1.807, 2.05) is 25.1 Å². The van der Waals surface area contributed by atoms with Gasteiger partial charge < -0.3 is 20.3 Å². The van der Waals surface area contributed by atoms with Crippen LogP contribution in [0.2, 0.25) is 0 Å². The van der Waals surface area contributed by atoms with Crippen LogP contribution in [0.4, 0.5) is 10.1 Å². The maximum absolute atomic E-state index is 13.8. The summed E-state index contributed by atoms with van der Waals surface area (Å²) in [6.45, 7) is 3.54. The fourth-order valence-electron chi connectivity index (χ4n) is 3.88. The number of aromatic nitrogens is 1. The molecule has 2 N–H and O–H groups in total. The first-order chi connectivity index (χ1) is 13.6. The van der Waals surface area contributed by atoms with E-state index < -0.39 is 18.3 Å². The van der Waals surface area contributed by atoms with E-state index in [1.165, 1.54) is 0 Å². The Morgan fingerprint density at radius 1 is 1.39 bits per heavy atom. The molecule has 2 aromatic rings. The van der Waals surface area contributed by atoms with Crippen molar-refractivity contribution in [2.45, 2.75) is 31.3 Å². The summed E-state index contributed by atoms with van der Waals surface area (Å²) in [4.78, 5) is 19.1. The van der Waals surface area contributed by atoms with E-state index in [1.54, 1.807) is 12.3 Å². The summed E-state index contributed by atoms with van der Waals surface area (Å²) in [5.74, 6) is -0.302. The SMILES string of the molecule is C[C@@H]1CN(c2ccc(C#N)c3ncccc23)C[C@H](C(=O)N[C@H]2CNC[C@@H]2F)O1. The molecule has 2 aliphatic heterocycles. The first-order valence-electron chi connectivity index (χ1n) is 9.40. The van der Waals surface area contributed by atoms with Crippen LogP contribution in [0.1, 0.15) is 12.5 Å². The number of benzene rings is 1. The van der Waals surface area contributed by atoms with E-state index in [2.05, 4.69) is 26.6 Å². The van der Waals surface area contributed by atoms with Crippen molar-refractivity contribution in [1.29, 1.82) is 5.26 Å². The largest absolute Gasteiger partial charge is 0.365 e. The summed E-state index contributed by atoms with van der Waals surface area (Å²) >= 11 is 0. The third kappa shape index (κ3) is 3.51. The summed E-state index contributed by atoms with van der Waals surface area (Å²) in [6, 6.07) is 9.02. The smallest absolute Gasteiger partial charge is 0.251 e. The number of anilines is 1. The second-order valence-corrected chi connectivity index (χ2v) is 7.27. The number of alkyl halides is 1. The summed E-state index contributed by atoms with van der Waals surface area (Å²) in [7, 11) is 0. The molecule has 3 heterocycles. The number of hydrogen-bond acceptors (Lipinski definition) is 6. The first-order valence-corrected chi connectivity index (χ1v) is 9.40. The molecule has 146 valence electrons. The molecule has 1 amide bonds. The van der Waals surface area contributed by atoms with E-state index >= 15 is 0 Å². The number of hydrogen-bond donors (Lipinski definition) is 2. The molecule has 28 heavy (non-hydrogen) atoms. The van der Waals surface area contributed by atoms with Crippen LogP contribution in [0.3, 0.4) is 0 Å².